The maximum atomic E-state index is 12.7. The lowest BCUT2D eigenvalue weighted by molar-refractivity contribution is 0.100. The Labute approximate surface area is 147 Å². The third kappa shape index (κ3) is 3.76. The van der Waals surface area contributed by atoms with Crippen molar-refractivity contribution in [3.05, 3.63) is 102 Å². The maximum absolute atomic E-state index is 12.7. The number of para-hydroxylation sites is 1. The van der Waals surface area contributed by atoms with Gasteiger partial charge in [-0.25, -0.2) is 0 Å². The Hall–Kier alpha value is -2.78. The number of carbonyl (C=O) groups excluding carboxylic acids is 1. The van der Waals surface area contributed by atoms with Crippen LogP contribution in [0, 0.1) is 0 Å². The lowest BCUT2D eigenvalue weighted by atomic mass is 10.1. The summed E-state index contributed by atoms with van der Waals surface area (Å²) in [4.78, 5) is 15.2. The Morgan fingerprint density at radius 3 is 1.71 bits per heavy atom. The molecular formula is C21H17NOS. The van der Waals surface area contributed by atoms with Crippen molar-refractivity contribution in [2.45, 2.75) is 0 Å². The third-order valence-corrected chi connectivity index (χ3v) is 4.19. The fourth-order valence-electron chi connectivity index (χ4n) is 2.48. The summed E-state index contributed by atoms with van der Waals surface area (Å²) in [5, 5.41) is 0. The van der Waals surface area contributed by atoms with E-state index in [9.17, 15) is 4.79 Å². The Balaban J connectivity index is 1.91. The molecule has 0 aliphatic heterocycles. The number of anilines is 1. The van der Waals surface area contributed by atoms with Crippen LogP contribution >= 0.6 is 12.2 Å². The highest BCUT2D eigenvalue weighted by Crippen LogP contribution is 2.18. The van der Waals surface area contributed by atoms with Gasteiger partial charge in [0.15, 0.2) is 5.78 Å². The smallest absolute Gasteiger partial charge is 0.182 e. The van der Waals surface area contributed by atoms with Crippen LogP contribution in [0.25, 0.3) is 0 Å². The fourth-order valence-corrected chi connectivity index (χ4v) is 2.79. The maximum Gasteiger partial charge on any atom is 0.182 e. The van der Waals surface area contributed by atoms with Gasteiger partial charge >= 0.3 is 0 Å². The molecule has 3 rings (SSSR count). The molecule has 0 aliphatic carbocycles. The van der Waals surface area contributed by atoms with Crippen LogP contribution in [0.5, 0.6) is 0 Å². The molecule has 0 heterocycles. The van der Waals surface area contributed by atoms with E-state index in [2.05, 4.69) is 0 Å². The van der Waals surface area contributed by atoms with E-state index in [0.717, 1.165) is 11.3 Å². The van der Waals surface area contributed by atoms with Gasteiger partial charge in [-0.15, -0.1) is 0 Å². The second-order valence-electron chi connectivity index (χ2n) is 5.38. The highest BCUT2D eigenvalue weighted by Gasteiger charge is 2.18. The van der Waals surface area contributed by atoms with Crippen LogP contribution in [0.15, 0.2) is 91.0 Å². The Morgan fingerprint density at radius 1 is 0.708 bits per heavy atom. The summed E-state index contributed by atoms with van der Waals surface area (Å²) in [6, 6.07) is 28.9. The topological polar surface area (TPSA) is 20.3 Å². The van der Waals surface area contributed by atoms with Gasteiger partial charge in [-0.2, -0.15) is 0 Å². The van der Waals surface area contributed by atoms with Gasteiger partial charge in [0.2, 0.25) is 0 Å². The van der Waals surface area contributed by atoms with Crippen LogP contribution in [-0.4, -0.2) is 17.3 Å². The molecule has 24 heavy (non-hydrogen) atoms. The van der Waals surface area contributed by atoms with Crippen LogP contribution < -0.4 is 4.90 Å². The molecule has 3 heteroatoms. The minimum atomic E-state index is 0.0396. The summed E-state index contributed by atoms with van der Waals surface area (Å²) in [6.07, 6.45) is 0. The molecule has 3 aromatic rings. The SMILES string of the molecule is O=C(CN(C(=S)c1ccccc1)c1ccccc1)c1ccccc1. The standard InChI is InChI=1S/C21H17NOS/c23-20(17-10-4-1-5-11-17)16-22(19-14-8-3-9-15-19)21(24)18-12-6-2-7-13-18/h1-15H,16H2. The monoisotopic (exact) mass is 331 g/mol. The third-order valence-electron chi connectivity index (χ3n) is 3.73. The molecule has 0 bridgehead atoms. The molecule has 0 saturated carbocycles. The molecule has 0 aliphatic rings. The molecule has 118 valence electrons. The average Bonchev–Trinajstić information content (AvgIpc) is 2.67. The van der Waals surface area contributed by atoms with Crippen LogP contribution in [0.2, 0.25) is 0 Å². The number of Topliss-reactive ketones (excluding diaryl/α,β-unsaturated/α-hetero) is 1. The van der Waals surface area contributed by atoms with Gasteiger partial charge in [0.25, 0.3) is 0 Å². The normalized spacial score (nSPS) is 10.2. The van der Waals surface area contributed by atoms with Gasteiger partial charge in [-0.3, -0.25) is 4.79 Å². The van der Waals surface area contributed by atoms with E-state index in [1.165, 1.54) is 0 Å². The van der Waals surface area contributed by atoms with Crippen LogP contribution in [0.3, 0.4) is 0 Å². The van der Waals surface area contributed by atoms with E-state index in [-0.39, 0.29) is 12.3 Å². The van der Waals surface area contributed by atoms with E-state index >= 15 is 0 Å². The number of hydrogen-bond acceptors (Lipinski definition) is 2. The van der Waals surface area contributed by atoms with Crippen LogP contribution in [0.1, 0.15) is 15.9 Å². The number of benzene rings is 3. The predicted molar refractivity (Wildman–Crippen MR) is 103 cm³/mol. The first-order chi connectivity index (χ1) is 11.8. The van der Waals surface area contributed by atoms with Crippen molar-refractivity contribution in [1.82, 2.24) is 0 Å². The predicted octanol–water partition coefficient (Wildman–Crippen LogP) is 4.75. The molecular weight excluding hydrogens is 314 g/mol. The molecule has 3 aromatic carbocycles. The molecule has 0 aromatic heterocycles. The second kappa shape index (κ2) is 7.66. The fraction of sp³-hybridized carbons (Fsp3) is 0.0476. The van der Waals surface area contributed by atoms with E-state index in [0.29, 0.717) is 10.6 Å². The first kappa shape index (κ1) is 16.1. The average molecular weight is 331 g/mol. The van der Waals surface area contributed by atoms with E-state index in [4.69, 9.17) is 12.2 Å². The quantitative estimate of drug-likeness (QED) is 0.497. The van der Waals surface area contributed by atoms with Crippen molar-refractivity contribution < 1.29 is 4.79 Å². The van der Waals surface area contributed by atoms with Crippen LogP contribution in [0.4, 0.5) is 5.69 Å². The molecule has 0 fully saturated rings. The van der Waals surface area contributed by atoms with Crippen molar-refractivity contribution in [2.75, 3.05) is 11.4 Å². The van der Waals surface area contributed by atoms with Crippen molar-refractivity contribution in [1.29, 1.82) is 0 Å². The molecule has 0 amide bonds. The van der Waals surface area contributed by atoms with E-state index < -0.39 is 0 Å². The molecule has 0 atom stereocenters. The summed E-state index contributed by atoms with van der Waals surface area (Å²) in [5.74, 6) is 0.0396. The van der Waals surface area contributed by atoms with E-state index in [1.54, 1.807) is 0 Å². The zero-order valence-electron chi connectivity index (χ0n) is 13.1. The molecule has 0 radical (unpaired) electrons. The van der Waals surface area contributed by atoms with Crippen molar-refractivity contribution in [2.24, 2.45) is 0 Å². The summed E-state index contributed by atoms with van der Waals surface area (Å²) >= 11 is 5.67. The molecule has 0 saturated heterocycles. The highest BCUT2D eigenvalue weighted by atomic mass is 32.1. The van der Waals surface area contributed by atoms with Crippen molar-refractivity contribution >= 4 is 28.7 Å². The number of carbonyl (C=O) groups is 1. The number of nitrogens with zero attached hydrogens (tertiary/aromatic N) is 1. The minimum absolute atomic E-state index is 0.0396. The Kier molecular flexibility index (Phi) is 5.14. The summed E-state index contributed by atoms with van der Waals surface area (Å²) in [6.45, 7) is 0.210. The van der Waals surface area contributed by atoms with Crippen molar-refractivity contribution in [3.63, 3.8) is 0 Å². The Bertz CT molecular complexity index is 816. The van der Waals surface area contributed by atoms with Crippen LogP contribution in [-0.2, 0) is 0 Å². The number of thiocarbonyl (C=S) groups is 1. The molecule has 0 N–H and O–H groups in total. The van der Waals surface area contributed by atoms with Gasteiger partial charge < -0.3 is 4.90 Å². The lowest BCUT2D eigenvalue weighted by Crippen LogP contribution is -2.35. The summed E-state index contributed by atoms with van der Waals surface area (Å²) < 4.78 is 0. The first-order valence-corrected chi connectivity index (χ1v) is 8.17. The van der Waals surface area contributed by atoms with E-state index in [1.807, 2.05) is 95.9 Å². The zero-order chi connectivity index (χ0) is 16.8. The summed E-state index contributed by atoms with van der Waals surface area (Å²) in [5.41, 5.74) is 2.53. The number of ketones is 1. The van der Waals surface area contributed by atoms with Gasteiger partial charge in [-0.1, -0.05) is 91.1 Å². The largest absolute Gasteiger partial charge is 0.324 e. The molecule has 2 nitrogen and oxygen atoms in total. The van der Waals surface area contributed by atoms with Gasteiger partial charge in [-0.05, 0) is 12.1 Å². The number of hydrogen-bond donors (Lipinski definition) is 0. The first-order valence-electron chi connectivity index (χ1n) is 7.76. The minimum Gasteiger partial charge on any atom is -0.324 e. The summed E-state index contributed by atoms with van der Waals surface area (Å²) in [7, 11) is 0. The number of rotatable bonds is 5. The second-order valence-corrected chi connectivity index (χ2v) is 5.77. The molecule has 0 unspecified atom stereocenters. The molecule has 0 spiro atoms. The van der Waals surface area contributed by atoms with Gasteiger partial charge in [0, 0.05) is 16.8 Å². The zero-order valence-corrected chi connectivity index (χ0v) is 13.9. The van der Waals surface area contributed by atoms with Gasteiger partial charge in [0.05, 0.1) is 6.54 Å². The highest BCUT2D eigenvalue weighted by molar-refractivity contribution is 7.81. The van der Waals surface area contributed by atoms with Crippen molar-refractivity contribution in [3.8, 4) is 0 Å². The lowest BCUT2D eigenvalue weighted by Gasteiger charge is -2.25. The van der Waals surface area contributed by atoms with Gasteiger partial charge in [0.1, 0.15) is 4.99 Å². The Morgan fingerprint density at radius 2 is 1.17 bits per heavy atom.